The second-order valence-corrected chi connectivity index (χ2v) is 7.87. The van der Waals surface area contributed by atoms with Crippen LogP contribution in [0.5, 0.6) is 5.75 Å². The largest absolute Gasteiger partial charge is 0.496 e. The fraction of sp³-hybridized carbons (Fsp3) is 0.522. The van der Waals surface area contributed by atoms with E-state index in [1.807, 2.05) is 6.07 Å². The van der Waals surface area contributed by atoms with Gasteiger partial charge < -0.3 is 20.1 Å². The molecule has 1 saturated heterocycles. The van der Waals surface area contributed by atoms with E-state index in [0.717, 1.165) is 24.3 Å². The van der Waals surface area contributed by atoms with Crippen molar-refractivity contribution < 1.29 is 14.3 Å². The highest BCUT2D eigenvalue weighted by Gasteiger charge is 2.37. The Morgan fingerprint density at radius 1 is 1.21 bits per heavy atom. The number of nitrogens with zero attached hydrogens (tertiary/aromatic N) is 1. The number of likely N-dealkylation sites (tertiary alicyclic amines) is 1. The van der Waals surface area contributed by atoms with Gasteiger partial charge in [-0.05, 0) is 37.1 Å². The Labute approximate surface area is 173 Å². The monoisotopic (exact) mass is 399 g/mol. The molecular weight excluding hydrogens is 366 g/mol. The maximum Gasteiger partial charge on any atom is 0.237 e. The normalized spacial score (nSPS) is 19.8. The number of benzene rings is 2. The number of carbonyl (C=O) groups excluding carboxylic acids is 1. The molecule has 158 valence electrons. The summed E-state index contributed by atoms with van der Waals surface area (Å²) < 4.78 is 10.7. The first-order valence-corrected chi connectivity index (χ1v) is 10.4. The Bertz CT molecular complexity index is 824. The van der Waals surface area contributed by atoms with Gasteiger partial charge in [-0.3, -0.25) is 9.69 Å². The third-order valence-corrected chi connectivity index (χ3v) is 5.70. The highest BCUT2D eigenvalue weighted by atomic mass is 16.5. The molecule has 3 rings (SSSR count). The summed E-state index contributed by atoms with van der Waals surface area (Å²) in [5, 5.41) is 9.07. The summed E-state index contributed by atoms with van der Waals surface area (Å²) in [6.45, 7) is 6.93. The molecule has 0 bridgehead atoms. The van der Waals surface area contributed by atoms with Crippen LogP contribution in [0.1, 0.15) is 25.8 Å². The zero-order valence-corrected chi connectivity index (χ0v) is 17.9. The van der Waals surface area contributed by atoms with Crippen LogP contribution < -0.4 is 15.4 Å². The van der Waals surface area contributed by atoms with Crippen LogP contribution >= 0.6 is 0 Å². The van der Waals surface area contributed by atoms with E-state index >= 15 is 0 Å². The lowest BCUT2D eigenvalue weighted by molar-refractivity contribution is -0.126. The summed E-state index contributed by atoms with van der Waals surface area (Å²) in [6.07, 6.45) is 0.796. The number of amides is 1. The highest BCUT2D eigenvalue weighted by Crippen LogP contribution is 2.29. The number of methoxy groups -OCH3 is 2. The lowest BCUT2D eigenvalue weighted by atomic mass is 10.0. The average Bonchev–Trinajstić information content (AvgIpc) is 3.16. The Morgan fingerprint density at radius 3 is 2.72 bits per heavy atom. The van der Waals surface area contributed by atoms with Gasteiger partial charge in [0.2, 0.25) is 5.91 Å². The van der Waals surface area contributed by atoms with Crippen LogP contribution in [0.2, 0.25) is 0 Å². The van der Waals surface area contributed by atoms with Crippen LogP contribution in [-0.4, -0.2) is 62.8 Å². The number of carbonyl (C=O) groups is 1. The smallest absolute Gasteiger partial charge is 0.237 e. The SMILES string of the molecule is COCCNC(=O)[C@@H]1C[C@@H](NCc2c(OC)ccc3ccccc23)CN1C(C)C. The number of hydrogen-bond donors (Lipinski definition) is 2. The summed E-state index contributed by atoms with van der Waals surface area (Å²) >= 11 is 0. The average molecular weight is 400 g/mol. The minimum absolute atomic E-state index is 0.0859. The van der Waals surface area contributed by atoms with E-state index in [1.165, 1.54) is 10.8 Å². The zero-order chi connectivity index (χ0) is 20.8. The van der Waals surface area contributed by atoms with Gasteiger partial charge in [0, 0.05) is 44.4 Å². The molecule has 1 amide bonds. The molecule has 1 aliphatic rings. The van der Waals surface area contributed by atoms with Crippen LogP contribution in [0.15, 0.2) is 36.4 Å². The molecular formula is C23H33N3O3. The van der Waals surface area contributed by atoms with Crippen LogP contribution in [0.3, 0.4) is 0 Å². The highest BCUT2D eigenvalue weighted by molar-refractivity contribution is 5.87. The van der Waals surface area contributed by atoms with Crippen molar-refractivity contribution in [1.82, 2.24) is 15.5 Å². The molecule has 2 aromatic rings. The van der Waals surface area contributed by atoms with Gasteiger partial charge in [-0.1, -0.05) is 30.3 Å². The van der Waals surface area contributed by atoms with Crippen LogP contribution in [0.4, 0.5) is 0 Å². The molecule has 2 atom stereocenters. The summed E-state index contributed by atoms with van der Waals surface area (Å²) in [5.41, 5.74) is 1.16. The van der Waals surface area contributed by atoms with Crippen LogP contribution in [0, 0.1) is 0 Å². The van der Waals surface area contributed by atoms with E-state index in [1.54, 1.807) is 14.2 Å². The van der Waals surface area contributed by atoms with E-state index < -0.39 is 0 Å². The van der Waals surface area contributed by atoms with Crippen molar-refractivity contribution in [3.8, 4) is 5.75 Å². The maximum atomic E-state index is 12.7. The number of hydrogen-bond acceptors (Lipinski definition) is 5. The molecule has 0 unspecified atom stereocenters. The molecule has 1 fully saturated rings. The van der Waals surface area contributed by atoms with Gasteiger partial charge in [-0.15, -0.1) is 0 Å². The van der Waals surface area contributed by atoms with Gasteiger partial charge in [0.15, 0.2) is 0 Å². The predicted molar refractivity (Wildman–Crippen MR) is 116 cm³/mol. The van der Waals surface area contributed by atoms with Gasteiger partial charge in [-0.25, -0.2) is 0 Å². The second-order valence-electron chi connectivity index (χ2n) is 7.87. The summed E-state index contributed by atoms with van der Waals surface area (Å²) in [6, 6.07) is 12.9. The third kappa shape index (κ3) is 5.07. The summed E-state index contributed by atoms with van der Waals surface area (Å²) in [5.74, 6) is 0.978. The molecule has 1 heterocycles. The van der Waals surface area contributed by atoms with E-state index in [9.17, 15) is 4.79 Å². The summed E-state index contributed by atoms with van der Waals surface area (Å²) in [7, 11) is 3.35. The Kier molecular flexibility index (Phi) is 7.47. The van der Waals surface area contributed by atoms with Crippen molar-refractivity contribution >= 4 is 16.7 Å². The Morgan fingerprint density at radius 2 is 2.00 bits per heavy atom. The predicted octanol–water partition coefficient (Wildman–Crippen LogP) is 2.55. The van der Waals surface area contributed by atoms with Gasteiger partial charge in [0.05, 0.1) is 19.8 Å². The van der Waals surface area contributed by atoms with Crippen molar-refractivity contribution in [3.05, 3.63) is 42.0 Å². The minimum Gasteiger partial charge on any atom is -0.496 e. The molecule has 0 aliphatic carbocycles. The summed E-state index contributed by atoms with van der Waals surface area (Å²) in [4.78, 5) is 15.0. The van der Waals surface area contributed by atoms with Gasteiger partial charge in [-0.2, -0.15) is 0 Å². The maximum absolute atomic E-state index is 12.7. The molecule has 0 aromatic heterocycles. The van der Waals surface area contributed by atoms with Crippen molar-refractivity contribution in [1.29, 1.82) is 0 Å². The Hall–Kier alpha value is -2.15. The van der Waals surface area contributed by atoms with E-state index in [4.69, 9.17) is 9.47 Å². The van der Waals surface area contributed by atoms with Crippen LogP contribution in [-0.2, 0) is 16.1 Å². The van der Waals surface area contributed by atoms with Crippen LogP contribution in [0.25, 0.3) is 10.8 Å². The number of nitrogens with one attached hydrogen (secondary N) is 2. The third-order valence-electron chi connectivity index (χ3n) is 5.70. The fourth-order valence-electron chi connectivity index (χ4n) is 4.17. The van der Waals surface area contributed by atoms with Crippen molar-refractivity contribution in [2.45, 2.75) is 44.9 Å². The first-order valence-electron chi connectivity index (χ1n) is 10.4. The quantitative estimate of drug-likeness (QED) is 0.635. The lowest BCUT2D eigenvalue weighted by Gasteiger charge is -2.27. The van der Waals surface area contributed by atoms with Gasteiger partial charge in [0.25, 0.3) is 0 Å². The molecule has 29 heavy (non-hydrogen) atoms. The van der Waals surface area contributed by atoms with Crippen molar-refractivity contribution in [2.24, 2.45) is 0 Å². The number of rotatable bonds is 9. The van der Waals surface area contributed by atoms with Gasteiger partial charge in [0.1, 0.15) is 5.75 Å². The molecule has 0 radical (unpaired) electrons. The van der Waals surface area contributed by atoms with Crippen molar-refractivity contribution in [3.63, 3.8) is 0 Å². The lowest BCUT2D eigenvalue weighted by Crippen LogP contribution is -2.46. The Balaban J connectivity index is 1.70. The molecule has 0 spiro atoms. The molecule has 6 heteroatoms. The molecule has 0 saturated carbocycles. The first-order chi connectivity index (χ1) is 14.0. The minimum atomic E-state index is -0.112. The second kappa shape index (κ2) is 10.1. The molecule has 2 aromatic carbocycles. The van der Waals surface area contributed by atoms with Crippen molar-refractivity contribution in [2.75, 3.05) is 33.9 Å². The number of fused-ring (bicyclic) bond motifs is 1. The number of ether oxygens (including phenoxy) is 2. The first kappa shape index (κ1) is 21.6. The topological polar surface area (TPSA) is 62.8 Å². The van der Waals surface area contributed by atoms with E-state index in [2.05, 4.69) is 59.7 Å². The fourth-order valence-corrected chi connectivity index (χ4v) is 4.17. The van der Waals surface area contributed by atoms with Gasteiger partial charge >= 0.3 is 0 Å². The van der Waals surface area contributed by atoms with E-state index in [-0.39, 0.29) is 18.0 Å². The molecule has 1 aliphatic heterocycles. The zero-order valence-electron chi connectivity index (χ0n) is 17.9. The standard InChI is InChI=1S/C23H33N3O3/c1-16(2)26-15-18(13-21(26)23(27)24-11-12-28-3)25-14-20-19-8-6-5-7-17(19)9-10-22(20)29-4/h5-10,16,18,21,25H,11-15H2,1-4H3,(H,24,27)/t18-,21+/m1/s1. The van der Waals surface area contributed by atoms with E-state index in [0.29, 0.717) is 25.7 Å². The molecule has 6 nitrogen and oxygen atoms in total. The molecule has 2 N–H and O–H groups in total.